The van der Waals surface area contributed by atoms with E-state index in [0.717, 1.165) is 0 Å². The summed E-state index contributed by atoms with van der Waals surface area (Å²) in [6, 6.07) is -0.215. The summed E-state index contributed by atoms with van der Waals surface area (Å²) in [6.07, 6.45) is 0.904. The molecule has 1 fully saturated rings. The summed E-state index contributed by atoms with van der Waals surface area (Å²) in [5, 5.41) is 16.1. The molecule has 1 aromatic heterocycles. The number of aliphatic hydroxyl groups is 1. The first-order chi connectivity index (χ1) is 14.6. The third kappa shape index (κ3) is 6.83. The van der Waals surface area contributed by atoms with E-state index in [-0.39, 0.29) is 36.9 Å². The molecule has 0 aromatic carbocycles. The number of aliphatic imine (C=N–C) groups is 1. The summed E-state index contributed by atoms with van der Waals surface area (Å²) in [6.45, 7) is 9.47. The van der Waals surface area contributed by atoms with Crippen molar-refractivity contribution < 1.29 is 28.3 Å². The minimum atomic E-state index is -3.79. The molecule has 3 unspecified atom stereocenters. The zero-order valence-electron chi connectivity index (χ0n) is 18.5. The number of imidazole rings is 1. The largest absolute Gasteiger partial charge is 0.378 e. The first kappa shape index (κ1) is 25.4. The Morgan fingerprint density at radius 3 is 2.65 bits per heavy atom. The smallest absolute Gasteiger partial charge is 0.361 e. The van der Waals surface area contributed by atoms with Crippen LogP contribution in [0.2, 0.25) is 0 Å². The third-order valence-electron chi connectivity index (χ3n) is 4.40. The van der Waals surface area contributed by atoms with Crippen LogP contribution in [0.25, 0.3) is 0 Å². The van der Waals surface area contributed by atoms with Gasteiger partial charge in [0.05, 0.1) is 43.0 Å². The minimum Gasteiger partial charge on any atom is -0.378 e. The Kier molecular flexibility index (Phi) is 9.16. The van der Waals surface area contributed by atoms with Gasteiger partial charge in [-0.05, 0) is 34.6 Å². The van der Waals surface area contributed by atoms with Gasteiger partial charge in [0.2, 0.25) is 12.4 Å². The van der Waals surface area contributed by atoms with E-state index in [1.54, 1.807) is 45.5 Å². The number of guanidine groups is 1. The van der Waals surface area contributed by atoms with E-state index in [1.807, 2.05) is 0 Å². The van der Waals surface area contributed by atoms with Crippen LogP contribution < -0.4 is 16.4 Å². The number of aromatic nitrogens is 2. The van der Waals surface area contributed by atoms with E-state index >= 15 is 0 Å². The van der Waals surface area contributed by atoms with E-state index in [9.17, 15) is 14.5 Å². The maximum Gasteiger partial charge on any atom is 0.361 e. The first-order valence-corrected chi connectivity index (χ1v) is 11.7. The van der Waals surface area contributed by atoms with Crippen LogP contribution in [0.3, 0.4) is 0 Å². The second kappa shape index (κ2) is 11.2. The fourth-order valence-corrected chi connectivity index (χ4v) is 4.95. The van der Waals surface area contributed by atoms with E-state index in [0.29, 0.717) is 31.0 Å². The van der Waals surface area contributed by atoms with E-state index in [4.69, 9.17) is 19.5 Å². The number of carbonyl (C=O) groups is 1. The molecule has 1 aliphatic heterocycles. The molecule has 3 atom stereocenters. The number of hydrogen-bond donors (Lipinski definition) is 4. The third-order valence-corrected chi connectivity index (χ3v) is 6.71. The van der Waals surface area contributed by atoms with Crippen molar-refractivity contribution in [2.45, 2.75) is 64.8 Å². The van der Waals surface area contributed by atoms with Gasteiger partial charge in [-0.15, -0.1) is 0 Å². The lowest BCUT2D eigenvalue weighted by Gasteiger charge is -2.28. The van der Waals surface area contributed by atoms with Gasteiger partial charge >= 0.3 is 7.60 Å². The van der Waals surface area contributed by atoms with Gasteiger partial charge in [-0.1, -0.05) is 0 Å². The molecule has 31 heavy (non-hydrogen) atoms. The maximum atomic E-state index is 13.1. The zero-order valence-corrected chi connectivity index (χ0v) is 19.4. The summed E-state index contributed by atoms with van der Waals surface area (Å²) in [7, 11) is -3.79. The first-order valence-electron chi connectivity index (χ1n) is 10.1. The topological polar surface area (TPSA) is 162 Å². The molecule has 0 radical (unpaired) electrons. The summed E-state index contributed by atoms with van der Waals surface area (Å²) < 4.78 is 31.6. The van der Waals surface area contributed by atoms with Crippen LogP contribution in [-0.4, -0.2) is 70.9 Å². The van der Waals surface area contributed by atoms with Gasteiger partial charge in [0, 0.05) is 13.1 Å². The Balaban J connectivity index is 2.14. The quantitative estimate of drug-likeness (QED) is 0.162. The van der Waals surface area contributed by atoms with E-state index in [1.165, 1.54) is 0 Å². The molecule has 1 amide bonds. The van der Waals surface area contributed by atoms with Crippen molar-refractivity contribution in [3.63, 3.8) is 0 Å². The van der Waals surface area contributed by atoms with E-state index < -0.39 is 13.4 Å². The van der Waals surface area contributed by atoms with Gasteiger partial charge in [-0.25, -0.2) is 4.98 Å². The molecule has 2 rings (SSSR count). The van der Waals surface area contributed by atoms with Crippen molar-refractivity contribution in [2.75, 3.05) is 19.7 Å². The van der Waals surface area contributed by atoms with Crippen LogP contribution in [0.5, 0.6) is 0 Å². The average molecular weight is 460 g/mol. The number of rotatable bonds is 11. The second-order valence-electron chi connectivity index (χ2n) is 7.75. The number of carbonyl (C=O) groups excluding carboxylic acids is 1. The van der Waals surface area contributed by atoms with Crippen molar-refractivity contribution in [3.8, 4) is 0 Å². The Morgan fingerprint density at radius 2 is 2.06 bits per heavy atom. The average Bonchev–Trinajstić information content (AvgIpc) is 3.25. The molecule has 0 spiro atoms. The Labute approximate surface area is 182 Å². The molecule has 176 valence electrons. The molecule has 0 bridgehead atoms. The van der Waals surface area contributed by atoms with Crippen LogP contribution in [-0.2, 0) is 23.1 Å². The second-order valence-corrected chi connectivity index (χ2v) is 9.84. The predicted octanol–water partition coefficient (Wildman–Crippen LogP) is 0.775. The molecule has 0 saturated carbocycles. The van der Waals surface area contributed by atoms with Gasteiger partial charge in [0.25, 0.3) is 0 Å². The number of nitrogens with one attached hydrogen (secondary N) is 2. The fourth-order valence-electron chi connectivity index (χ4n) is 3.18. The Hall–Kier alpha value is -1.82. The highest BCUT2D eigenvalue weighted by molar-refractivity contribution is 7.54. The lowest BCUT2D eigenvalue weighted by molar-refractivity contribution is -0.108. The van der Waals surface area contributed by atoms with Gasteiger partial charge < -0.3 is 34.5 Å². The molecule has 1 aliphatic rings. The summed E-state index contributed by atoms with van der Waals surface area (Å²) in [4.78, 5) is 19.1. The van der Waals surface area contributed by atoms with Crippen LogP contribution in [0, 0.1) is 6.92 Å². The number of aliphatic hydroxyl groups excluding tert-OH is 1. The van der Waals surface area contributed by atoms with Crippen molar-refractivity contribution >= 4 is 25.8 Å². The standard InChI is InChI=1S/C18H33N6O6P/c1-11(2)29-31(27,30-12(3)4)16(26)8-28-15-7-20-6-14(15)24-9-21-13(5)17(24)23-18(19)22-10-25/h9-12,14-16,20,26H,6-8H2,1-5H3,(H3,19,22,23,25). The van der Waals surface area contributed by atoms with Crippen LogP contribution in [0.1, 0.15) is 39.4 Å². The van der Waals surface area contributed by atoms with Crippen LogP contribution >= 0.6 is 7.60 Å². The Morgan fingerprint density at radius 1 is 1.42 bits per heavy atom. The number of nitrogens with zero attached hydrogens (tertiary/aromatic N) is 3. The van der Waals surface area contributed by atoms with Gasteiger partial charge in [0.1, 0.15) is 0 Å². The van der Waals surface area contributed by atoms with Crippen LogP contribution in [0.4, 0.5) is 5.82 Å². The highest BCUT2D eigenvalue weighted by Gasteiger charge is 2.39. The van der Waals surface area contributed by atoms with Gasteiger partial charge in [-0.2, -0.15) is 4.99 Å². The molecular weight excluding hydrogens is 427 g/mol. The lowest BCUT2D eigenvalue weighted by Crippen LogP contribution is -2.31. The van der Waals surface area contributed by atoms with Crippen LogP contribution in [0.15, 0.2) is 11.3 Å². The number of hydrogen-bond acceptors (Lipinski definition) is 9. The minimum absolute atomic E-state index is 0.0590. The molecule has 12 nitrogen and oxygen atoms in total. The molecule has 1 saturated heterocycles. The van der Waals surface area contributed by atoms with Crippen molar-refractivity contribution in [1.29, 1.82) is 0 Å². The summed E-state index contributed by atoms with van der Waals surface area (Å²) in [5.74, 6) is -1.02. The molecule has 0 aliphatic carbocycles. The molecule has 5 N–H and O–H groups in total. The van der Waals surface area contributed by atoms with Crippen molar-refractivity contribution in [3.05, 3.63) is 12.0 Å². The SMILES string of the molecule is Cc1ncn(C2CNCC2OCC(O)P(=O)(OC(C)C)OC(C)C)c1/N=C(/N)NC=O. The molecular formula is C18H33N6O6P. The number of aryl methyl sites for hydroxylation is 1. The normalized spacial score (nSPS) is 21.1. The van der Waals surface area contributed by atoms with Gasteiger partial charge in [0.15, 0.2) is 11.7 Å². The molecule has 2 heterocycles. The van der Waals surface area contributed by atoms with Crippen molar-refractivity contribution in [2.24, 2.45) is 10.7 Å². The highest BCUT2D eigenvalue weighted by atomic mass is 31.2. The fraction of sp³-hybridized carbons (Fsp3) is 0.722. The predicted molar refractivity (Wildman–Crippen MR) is 115 cm³/mol. The number of amides is 1. The maximum absolute atomic E-state index is 13.1. The lowest BCUT2D eigenvalue weighted by atomic mass is 10.2. The summed E-state index contributed by atoms with van der Waals surface area (Å²) >= 11 is 0. The van der Waals surface area contributed by atoms with E-state index in [2.05, 4.69) is 20.6 Å². The van der Waals surface area contributed by atoms with Gasteiger partial charge in [-0.3, -0.25) is 14.7 Å². The van der Waals surface area contributed by atoms with Crippen molar-refractivity contribution in [1.82, 2.24) is 20.2 Å². The highest BCUT2D eigenvalue weighted by Crippen LogP contribution is 2.54. The monoisotopic (exact) mass is 460 g/mol. The Bertz CT molecular complexity index is 799. The summed E-state index contributed by atoms with van der Waals surface area (Å²) in [5.41, 5.74) is 6.33. The number of nitrogens with two attached hydrogens (primary N) is 1. The molecule has 13 heteroatoms. The zero-order chi connectivity index (χ0) is 23.2. The molecule has 1 aromatic rings. The number of ether oxygens (including phenoxy) is 1.